The van der Waals surface area contributed by atoms with E-state index in [4.69, 9.17) is 14.2 Å². The number of esters is 1. The largest absolute Gasteiger partial charge is 0.507 e. The lowest BCUT2D eigenvalue weighted by Crippen LogP contribution is -2.48. The molecule has 3 aliphatic heterocycles. The van der Waals surface area contributed by atoms with Gasteiger partial charge in [-0.05, 0) is 62.1 Å². The summed E-state index contributed by atoms with van der Waals surface area (Å²) in [5.41, 5.74) is 3.26. The van der Waals surface area contributed by atoms with E-state index in [1.165, 1.54) is 18.2 Å². The first-order chi connectivity index (χ1) is 22.6. The predicted molar refractivity (Wildman–Crippen MR) is 168 cm³/mol. The summed E-state index contributed by atoms with van der Waals surface area (Å²) >= 11 is 0. The second kappa shape index (κ2) is 10.8. The Balaban J connectivity index is 1.23. The van der Waals surface area contributed by atoms with E-state index < -0.39 is 54.4 Å². The van der Waals surface area contributed by atoms with E-state index in [1.807, 2.05) is 30.5 Å². The monoisotopic (exact) mass is 636 g/mol. The van der Waals surface area contributed by atoms with E-state index in [9.17, 15) is 29.7 Å². The minimum atomic E-state index is -1.11. The maximum Gasteiger partial charge on any atom is 0.331 e. The number of aliphatic hydroxyl groups excluding tert-OH is 2. The van der Waals surface area contributed by atoms with Gasteiger partial charge in [0.1, 0.15) is 29.3 Å². The van der Waals surface area contributed by atoms with Crippen LogP contribution in [-0.2, 0) is 20.7 Å². The molecule has 11 heteroatoms. The molecule has 4 N–H and O–H groups in total. The number of fused-ring (bicyclic) bond motifs is 7. The minimum absolute atomic E-state index is 0.000114. The highest BCUT2D eigenvalue weighted by Crippen LogP contribution is 2.52. The molecule has 0 spiro atoms. The molecule has 3 aromatic carbocycles. The van der Waals surface area contributed by atoms with E-state index in [0.717, 1.165) is 16.5 Å². The van der Waals surface area contributed by atoms with Crippen LogP contribution in [0.15, 0.2) is 66.5 Å². The molecular formula is C36H32N2O9. The first-order valence-corrected chi connectivity index (χ1v) is 15.6. The molecule has 1 aliphatic carbocycles. The van der Waals surface area contributed by atoms with Gasteiger partial charge in [0.2, 0.25) is 18.3 Å². The number of nitrogens with one attached hydrogen (secondary N) is 1. The van der Waals surface area contributed by atoms with Crippen LogP contribution in [0, 0.1) is 6.92 Å². The average molecular weight is 637 g/mol. The molecule has 2 fully saturated rings. The second-order valence-electron chi connectivity index (χ2n) is 12.6. The van der Waals surface area contributed by atoms with Crippen LogP contribution in [0.25, 0.3) is 16.5 Å². The van der Waals surface area contributed by atoms with Gasteiger partial charge in [-0.2, -0.15) is 0 Å². The number of carbonyl (C=O) groups is 3. The zero-order chi connectivity index (χ0) is 32.7. The number of aliphatic hydroxyl groups is 2. The van der Waals surface area contributed by atoms with Crippen LogP contribution in [0.1, 0.15) is 69.0 Å². The summed E-state index contributed by atoms with van der Waals surface area (Å²) in [6, 6.07) is 14.9. The number of carbonyl (C=O) groups excluding carboxylic acids is 3. The van der Waals surface area contributed by atoms with E-state index in [1.54, 1.807) is 30.9 Å². The van der Waals surface area contributed by atoms with Crippen LogP contribution >= 0.6 is 0 Å². The fourth-order valence-corrected chi connectivity index (χ4v) is 7.41. The van der Waals surface area contributed by atoms with E-state index in [2.05, 4.69) is 4.98 Å². The highest BCUT2D eigenvalue weighted by atomic mass is 16.7. The third-order valence-electron chi connectivity index (χ3n) is 9.63. The standard InChI is InChI=1S/C36H32N2O9/c1-16-12-21-28(24(39)13-16)30-31(38-23(36(44)47-35(21)38)11-10-18-15-37-22-8-4-3-6-19(18)22)34(43)29-20(33(30)42)7-5-9-26(29)46-27-14-25(40)32(41)17(2)45-27/h3-9,12-13,15,17,23,25,27,32,35,37,39-41H,10-11,14H2,1-2H3/t17?,23-,25?,27?,32?,35?/m1/s1. The van der Waals surface area contributed by atoms with Crippen molar-refractivity contribution in [3.63, 3.8) is 0 Å². The summed E-state index contributed by atoms with van der Waals surface area (Å²) < 4.78 is 17.8. The van der Waals surface area contributed by atoms with Crippen LogP contribution < -0.4 is 4.74 Å². The van der Waals surface area contributed by atoms with Gasteiger partial charge in [-0.15, -0.1) is 0 Å². The zero-order valence-electron chi connectivity index (χ0n) is 25.6. The molecule has 1 aromatic heterocycles. The quantitative estimate of drug-likeness (QED) is 0.235. The maximum atomic E-state index is 14.7. The number of aromatic nitrogens is 1. The van der Waals surface area contributed by atoms with E-state index in [-0.39, 0.29) is 45.9 Å². The van der Waals surface area contributed by atoms with Gasteiger partial charge in [0.25, 0.3) is 0 Å². The highest BCUT2D eigenvalue weighted by Gasteiger charge is 2.54. The first-order valence-electron chi connectivity index (χ1n) is 15.6. The second-order valence-corrected chi connectivity index (χ2v) is 12.6. The summed E-state index contributed by atoms with van der Waals surface area (Å²) in [6.07, 6.45) is -2.36. The fourth-order valence-electron chi connectivity index (χ4n) is 7.41. The van der Waals surface area contributed by atoms with Crippen molar-refractivity contribution in [2.24, 2.45) is 0 Å². The molecule has 4 heterocycles. The van der Waals surface area contributed by atoms with Crippen molar-refractivity contribution in [2.45, 2.75) is 70.0 Å². The molecule has 6 atom stereocenters. The maximum absolute atomic E-state index is 14.7. The Labute approximate surface area is 269 Å². The van der Waals surface area contributed by atoms with Gasteiger partial charge in [0.05, 0.1) is 23.3 Å². The number of phenolic OH excluding ortho intramolecular Hbond substituents is 1. The van der Waals surface area contributed by atoms with Gasteiger partial charge in [-0.1, -0.05) is 30.3 Å². The Kier molecular flexibility index (Phi) is 6.76. The van der Waals surface area contributed by atoms with Gasteiger partial charge in [0, 0.05) is 40.2 Å². The molecule has 5 unspecified atom stereocenters. The molecule has 0 bridgehead atoms. The number of ether oxygens (including phenoxy) is 3. The summed E-state index contributed by atoms with van der Waals surface area (Å²) in [5, 5.41) is 32.7. The number of nitrogens with zero attached hydrogens (tertiary/aromatic N) is 1. The molecule has 47 heavy (non-hydrogen) atoms. The summed E-state index contributed by atoms with van der Waals surface area (Å²) in [7, 11) is 0. The van der Waals surface area contributed by atoms with Crippen molar-refractivity contribution >= 4 is 34.0 Å². The number of aromatic amines is 1. The lowest BCUT2D eigenvalue weighted by atomic mass is 9.78. The minimum Gasteiger partial charge on any atom is -0.507 e. The average Bonchev–Trinajstić information content (AvgIpc) is 3.61. The number of allylic oxidation sites excluding steroid dienone is 2. The first kappa shape index (κ1) is 29.4. The Morgan fingerprint density at radius 1 is 1.02 bits per heavy atom. The third-order valence-corrected chi connectivity index (χ3v) is 9.63. The fraction of sp³-hybridized carbons (Fsp3) is 0.306. The van der Waals surface area contributed by atoms with Gasteiger partial charge in [-0.3, -0.25) is 9.59 Å². The van der Waals surface area contributed by atoms with Crippen molar-refractivity contribution < 1.29 is 43.9 Å². The van der Waals surface area contributed by atoms with Crippen molar-refractivity contribution in [3.8, 4) is 11.5 Å². The SMILES string of the molecule is Cc1cc(O)c2c(c1)C1OC(=O)[C@@H](CCc3c[nH]c4ccccc34)N1C1=C2C(=O)c2cccc(OC3CC(O)C(O)C(C)O3)c2C1=O. The van der Waals surface area contributed by atoms with Crippen LogP contribution in [0.4, 0.5) is 0 Å². The summed E-state index contributed by atoms with van der Waals surface area (Å²) in [5.74, 6) is -1.75. The van der Waals surface area contributed by atoms with Gasteiger partial charge in [0.15, 0.2) is 5.78 Å². The molecule has 0 amide bonds. The topological polar surface area (TPSA) is 159 Å². The van der Waals surface area contributed by atoms with Crippen LogP contribution in [0.5, 0.6) is 11.5 Å². The smallest absolute Gasteiger partial charge is 0.331 e. The normalized spacial score (nSPS) is 26.6. The highest BCUT2D eigenvalue weighted by molar-refractivity contribution is 6.41. The zero-order valence-corrected chi connectivity index (χ0v) is 25.6. The number of ketones is 2. The molecule has 240 valence electrons. The van der Waals surface area contributed by atoms with Crippen molar-refractivity contribution in [3.05, 3.63) is 99.9 Å². The lowest BCUT2D eigenvalue weighted by Gasteiger charge is -2.39. The molecule has 8 rings (SSSR count). The number of Topliss-reactive ketones (excluding diaryl/α,β-unsaturated/α-hetero) is 2. The molecule has 4 aliphatic rings. The molecule has 0 saturated carbocycles. The molecule has 4 aromatic rings. The van der Waals surface area contributed by atoms with Crippen LogP contribution in [-0.4, -0.2) is 73.4 Å². The van der Waals surface area contributed by atoms with Gasteiger partial charge < -0.3 is 39.4 Å². The summed E-state index contributed by atoms with van der Waals surface area (Å²) in [6.45, 7) is 3.39. The molecule has 0 radical (unpaired) electrons. The van der Waals surface area contributed by atoms with Crippen LogP contribution in [0.3, 0.4) is 0 Å². The Morgan fingerprint density at radius 3 is 2.64 bits per heavy atom. The Morgan fingerprint density at radius 2 is 1.83 bits per heavy atom. The third kappa shape index (κ3) is 4.49. The van der Waals surface area contributed by atoms with Gasteiger partial charge >= 0.3 is 5.97 Å². The molecule has 11 nitrogen and oxygen atoms in total. The number of aryl methyl sites for hydroxylation is 2. The van der Waals surface area contributed by atoms with Crippen LogP contribution in [0.2, 0.25) is 0 Å². The van der Waals surface area contributed by atoms with Crippen molar-refractivity contribution in [2.75, 3.05) is 0 Å². The number of hydrogen-bond acceptors (Lipinski definition) is 10. The molecular weight excluding hydrogens is 604 g/mol. The number of rotatable bonds is 5. The van der Waals surface area contributed by atoms with Crippen molar-refractivity contribution in [1.82, 2.24) is 9.88 Å². The Hall–Kier alpha value is -4.97. The van der Waals surface area contributed by atoms with E-state index >= 15 is 0 Å². The number of para-hydroxylation sites is 1. The number of hydrogen-bond donors (Lipinski definition) is 4. The van der Waals surface area contributed by atoms with Crippen molar-refractivity contribution in [1.29, 1.82) is 0 Å². The van der Waals surface area contributed by atoms with Gasteiger partial charge in [-0.25, -0.2) is 4.79 Å². The number of H-pyrrole nitrogens is 1. The lowest BCUT2D eigenvalue weighted by molar-refractivity contribution is -0.216. The predicted octanol–water partition coefficient (Wildman–Crippen LogP) is 4.08. The number of phenols is 1. The number of benzene rings is 3. The summed E-state index contributed by atoms with van der Waals surface area (Å²) in [4.78, 5) is 47.6. The number of aromatic hydroxyl groups is 1. The Bertz CT molecular complexity index is 2020. The molecule has 2 saturated heterocycles. The van der Waals surface area contributed by atoms with E-state index in [0.29, 0.717) is 24.0 Å².